The van der Waals surface area contributed by atoms with E-state index in [0.717, 1.165) is 44.9 Å². The van der Waals surface area contributed by atoms with Gasteiger partial charge in [0.25, 0.3) is 0 Å². The van der Waals surface area contributed by atoms with Crippen LogP contribution in [0.1, 0.15) is 46.5 Å². The molecule has 0 N–H and O–H groups in total. The minimum absolute atomic E-state index is 0.0453. The van der Waals surface area contributed by atoms with E-state index in [-0.39, 0.29) is 5.78 Å². The number of benzene rings is 3. The Kier molecular flexibility index (Phi) is 7.25. The van der Waals surface area contributed by atoms with Crippen LogP contribution in [-0.4, -0.2) is 12.9 Å². The summed E-state index contributed by atoms with van der Waals surface area (Å²) in [4.78, 5) is 13.4. The van der Waals surface area contributed by atoms with Gasteiger partial charge in [0.2, 0.25) is 0 Å². The molecule has 0 fully saturated rings. The van der Waals surface area contributed by atoms with E-state index >= 15 is 0 Å². The lowest BCUT2D eigenvalue weighted by molar-refractivity contribution is 0.103. The van der Waals surface area contributed by atoms with E-state index in [2.05, 4.69) is 39.1 Å². The second-order valence-corrected chi connectivity index (χ2v) is 8.18. The maximum atomic E-state index is 13.4. The quantitative estimate of drug-likeness (QED) is 0.484. The van der Waals surface area contributed by atoms with Crippen LogP contribution in [0.15, 0.2) is 73.3 Å². The first-order chi connectivity index (χ1) is 14.9. The Labute approximate surface area is 185 Å². The Morgan fingerprint density at radius 1 is 1.00 bits per heavy atom. The van der Waals surface area contributed by atoms with Crippen molar-refractivity contribution in [3.8, 4) is 5.75 Å². The Morgan fingerprint density at radius 3 is 2.45 bits per heavy atom. The summed E-state index contributed by atoms with van der Waals surface area (Å²) >= 11 is 0. The SMILES string of the molecule is C=C/C=c1/c(Cc2cc(C(=O)c3ccccc3CC(C)C)ccc2OC)cccc1=C. The molecule has 0 aliphatic carbocycles. The van der Waals surface area contributed by atoms with Crippen molar-refractivity contribution in [3.05, 3.63) is 112 Å². The van der Waals surface area contributed by atoms with Crippen molar-refractivity contribution in [1.29, 1.82) is 0 Å². The summed E-state index contributed by atoms with van der Waals surface area (Å²) in [5.41, 5.74) is 4.63. The fourth-order valence-corrected chi connectivity index (χ4v) is 3.93. The molecule has 2 heteroatoms. The molecule has 0 spiro atoms. The number of allylic oxidation sites excluding steroid dienone is 1. The fourth-order valence-electron chi connectivity index (χ4n) is 3.93. The van der Waals surface area contributed by atoms with Crippen molar-refractivity contribution >= 4 is 18.4 Å². The summed E-state index contributed by atoms with van der Waals surface area (Å²) in [5.74, 6) is 1.30. The molecule has 0 heterocycles. The molecule has 0 saturated heterocycles. The van der Waals surface area contributed by atoms with Gasteiger partial charge in [-0.3, -0.25) is 4.79 Å². The van der Waals surface area contributed by atoms with E-state index in [1.165, 1.54) is 0 Å². The van der Waals surface area contributed by atoms with Crippen LogP contribution >= 0.6 is 0 Å². The van der Waals surface area contributed by atoms with Crippen molar-refractivity contribution in [2.45, 2.75) is 26.7 Å². The molecule has 31 heavy (non-hydrogen) atoms. The van der Waals surface area contributed by atoms with Gasteiger partial charge >= 0.3 is 0 Å². The van der Waals surface area contributed by atoms with Crippen LogP contribution in [0.25, 0.3) is 12.7 Å². The van der Waals surface area contributed by atoms with Crippen molar-refractivity contribution in [1.82, 2.24) is 0 Å². The van der Waals surface area contributed by atoms with E-state index in [1.807, 2.05) is 54.6 Å². The van der Waals surface area contributed by atoms with Gasteiger partial charge in [0.15, 0.2) is 5.78 Å². The minimum atomic E-state index is 0.0453. The lowest BCUT2D eigenvalue weighted by Crippen LogP contribution is -2.27. The van der Waals surface area contributed by atoms with Crippen molar-refractivity contribution in [2.24, 2.45) is 5.92 Å². The van der Waals surface area contributed by atoms with Gasteiger partial charge in [0, 0.05) is 17.5 Å². The van der Waals surface area contributed by atoms with Gasteiger partial charge in [-0.2, -0.15) is 0 Å². The largest absolute Gasteiger partial charge is 0.496 e. The highest BCUT2D eigenvalue weighted by molar-refractivity contribution is 6.10. The monoisotopic (exact) mass is 410 g/mol. The fraction of sp³-hybridized carbons (Fsp3) is 0.207. The Morgan fingerprint density at radius 2 is 1.74 bits per heavy atom. The number of carbonyl (C=O) groups excluding carboxylic acids is 1. The van der Waals surface area contributed by atoms with Crippen LogP contribution in [0.4, 0.5) is 0 Å². The zero-order valence-electron chi connectivity index (χ0n) is 18.7. The molecular weight excluding hydrogens is 380 g/mol. The maximum absolute atomic E-state index is 13.4. The molecule has 0 aliphatic rings. The molecule has 2 nitrogen and oxygen atoms in total. The highest BCUT2D eigenvalue weighted by Crippen LogP contribution is 2.25. The summed E-state index contributed by atoms with van der Waals surface area (Å²) in [6.45, 7) is 12.3. The molecule has 0 radical (unpaired) electrons. The van der Waals surface area contributed by atoms with Gasteiger partial charge in [0.05, 0.1) is 7.11 Å². The van der Waals surface area contributed by atoms with Crippen LogP contribution < -0.4 is 15.2 Å². The van der Waals surface area contributed by atoms with E-state index in [9.17, 15) is 4.79 Å². The number of ketones is 1. The van der Waals surface area contributed by atoms with Crippen LogP contribution in [0, 0.1) is 5.92 Å². The zero-order chi connectivity index (χ0) is 22.4. The Hall–Kier alpha value is -3.39. The number of rotatable bonds is 8. The number of methoxy groups -OCH3 is 1. The second kappa shape index (κ2) is 10.1. The van der Waals surface area contributed by atoms with E-state index in [0.29, 0.717) is 17.9 Å². The third-order valence-electron chi connectivity index (χ3n) is 5.38. The molecule has 0 unspecified atom stereocenters. The van der Waals surface area contributed by atoms with E-state index < -0.39 is 0 Å². The van der Waals surface area contributed by atoms with E-state index in [1.54, 1.807) is 13.2 Å². The normalized spacial score (nSPS) is 11.5. The number of carbonyl (C=O) groups is 1. The highest BCUT2D eigenvalue weighted by atomic mass is 16.5. The first kappa shape index (κ1) is 22.3. The summed E-state index contributed by atoms with van der Waals surface area (Å²) in [5, 5.41) is 2.00. The summed E-state index contributed by atoms with van der Waals surface area (Å²) in [6.07, 6.45) is 5.26. The van der Waals surface area contributed by atoms with Crippen LogP contribution in [0.5, 0.6) is 5.75 Å². The van der Waals surface area contributed by atoms with Gasteiger partial charge in [-0.25, -0.2) is 0 Å². The molecule has 0 aliphatic heterocycles. The molecule has 3 aromatic rings. The average Bonchev–Trinajstić information content (AvgIpc) is 2.75. The van der Waals surface area contributed by atoms with Gasteiger partial charge in [-0.05, 0) is 57.7 Å². The molecule has 3 aromatic carbocycles. The lowest BCUT2D eigenvalue weighted by atomic mass is 9.91. The van der Waals surface area contributed by atoms with Crippen LogP contribution in [0.3, 0.4) is 0 Å². The first-order valence-corrected chi connectivity index (χ1v) is 10.6. The van der Waals surface area contributed by atoms with Crippen LogP contribution in [0.2, 0.25) is 0 Å². The van der Waals surface area contributed by atoms with Gasteiger partial charge in [0.1, 0.15) is 5.75 Å². The number of ether oxygens (including phenoxy) is 1. The number of hydrogen-bond acceptors (Lipinski definition) is 2. The standard InChI is InChI=1S/C29H30O2/c1-6-10-26-21(4)11-9-13-23(26)18-25-19-24(15-16-28(25)31-5)29(30)27-14-8-7-12-22(27)17-20(2)3/h6-16,19-20H,1,4,17-18H2,2-3,5H3/b26-10+. The van der Waals surface area contributed by atoms with Gasteiger partial charge in [-0.15, -0.1) is 0 Å². The van der Waals surface area contributed by atoms with Gasteiger partial charge < -0.3 is 4.74 Å². The summed E-state index contributed by atoms with van der Waals surface area (Å²) in [6, 6.07) is 19.7. The summed E-state index contributed by atoms with van der Waals surface area (Å²) < 4.78 is 5.61. The average molecular weight is 411 g/mol. The molecule has 0 atom stereocenters. The maximum Gasteiger partial charge on any atom is 0.193 e. The molecule has 0 aromatic heterocycles. The molecule has 158 valence electrons. The van der Waals surface area contributed by atoms with E-state index in [4.69, 9.17) is 4.74 Å². The molecule has 0 saturated carbocycles. The molecule has 0 bridgehead atoms. The van der Waals surface area contributed by atoms with Crippen LogP contribution in [-0.2, 0) is 12.8 Å². The Bertz CT molecular complexity index is 1200. The topological polar surface area (TPSA) is 26.3 Å². The lowest BCUT2D eigenvalue weighted by Gasteiger charge is -2.14. The third-order valence-corrected chi connectivity index (χ3v) is 5.38. The minimum Gasteiger partial charge on any atom is -0.496 e. The first-order valence-electron chi connectivity index (χ1n) is 10.6. The van der Waals surface area contributed by atoms with Crippen molar-refractivity contribution in [2.75, 3.05) is 7.11 Å². The van der Waals surface area contributed by atoms with Crippen molar-refractivity contribution in [3.63, 3.8) is 0 Å². The highest BCUT2D eigenvalue weighted by Gasteiger charge is 2.16. The Balaban J connectivity index is 2.04. The molecular formula is C29H30O2. The van der Waals surface area contributed by atoms with Crippen molar-refractivity contribution < 1.29 is 9.53 Å². The smallest absolute Gasteiger partial charge is 0.193 e. The molecule has 3 rings (SSSR count). The predicted molar refractivity (Wildman–Crippen MR) is 130 cm³/mol. The third kappa shape index (κ3) is 5.21. The molecule has 0 amide bonds. The summed E-state index contributed by atoms with van der Waals surface area (Å²) in [7, 11) is 1.66. The second-order valence-electron chi connectivity index (χ2n) is 8.18. The number of hydrogen-bond donors (Lipinski definition) is 0. The van der Waals surface area contributed by atoms with Gasteiger partial charge in [-0.1, -0.05) is 81.6 Å². The predicted octanol–water partition coefficient (Wildman–Crippen LogP) is 5.09. The zero-order valence-corrected chi connectivity index (χ0v) is 18.7.